The Morgan fingerprint density at radius 2 is 1.65 bits per heavy atom. The maximum Gasteiger partial charge on any atom is 0.254 e. The molecule has 0 aliphatic carbocycles. The van der Waals surface area contributed by atoms with E-state index in [1.165, 1.54) is 12.2 Å². The van der Waals surface area contributed by atoms with Crippen molar-refractivity contribution in [2.24, 2.45) is 0 Å². The van der Waals surface area contributed by atoms with Gasteiger partial charge in [-0.2, -0.15) is 0 Å². The van der Waals surface area contributed by atoms with Crippen molar-refractivity contribution in [2.45, 2.75) is 13.3 Å². The van der Waals surface area contributed by atoms with Crippen molar-refractivity contribution in [3.05, 3.63) is 23.3 Å². The normalized spacial score (nSPS) is 19.7. The molecule has 0 unspecified atom stereocenters. The van der Waals surface area contributed by atoms with Gasteiger partial charge in [0.15, 0.2) is 0 Å². The van der Waals surface area contributed by atoms with Gasteiger partial charge >= 0.3 is 0 Å². The lowest BCUT2D eigenvalue weighted by molar-refractivity contribution is -0.137. The van der Waals surface area contributed by atoms with Gasteiger partial charge in [0, 0.05) is 29.8 Å². The van der Waals surface area contributed by atoms with Crippen LogP contribution in [0.4, 0.5) is 0 Å². The Bertz CT molecular complexity index is 484. The summed E-state index contributed by atoms with van der Waals surface area (Å²) in [6.45, 7) is 1.65. The van der Waals surface area contributed by atoms with E-state index < -0.39 is 23.6 Å². The molecule has 0 saturated heterocycles. The van der Waals surface area contributed by atoms with Crippen LogP contribution in [-0.4, -0.2) is 35.1 Å². The Hall–Kier alpha value is -2.24. The minimum absolute atomic E-state index is 0.109. The van der Waals surface area contributed by atoms with E-state index in [1.54, 1.807) is 6.92 Å². The molecule has 0 spiro atoms. The Morgan fingerprint density at radius 1 is 1.06 bits per heavy atom. The van der Waals surface area contributed by atoms with Gasteiger partial charge in [0.05, 0.1) is 0 Å². The molecule has 0 aromatic heterocycles. The molecule has 4 amide bonds. The maximum absolute atomic E-state index is 11.4. The van der Waals surface area contributed by atoms with Crippen LogP contribution in [0.3, 0.4) is 0 Å². The van der Waals surface area contributed by atoms with Gasteiger partial charge in [-0.3, -0.25) is 29.4 Å². The molecule has 2 rings (SSSR count). The molecule has 6 nitrogen and oxygen atoms in total. The van der Waals surface area contributed by atoms with Crippen molar-refractivity contribution in [3.8, 4) is 0 Å². The van der Waals surface area contributed by atoms with E-state index in [0.29, 0.717) is 11.1 Å². The van der Waals surface area contributed by atoms with E-state index in [2.05, 4.69) is 5.32 Å². The second-order valence-corrected chi connectivity index (χ2v) is 3.80. The second kappa shape index (κ2) is 3.97. The van der Waals surface area contributed by atoms with Crippen LogP contribution in [0, 0.1) is 0 Å². The van der Waals surface area contributed by atoms with Gasteiger partial charge in [0.1, 0.15) is 0 Å². The highest BCUT2D eigenvalue weighted by Gasteiger charge is 2.29. The molecule has 2 aliphatic heterocycles. The summed E-state index contributed by atoms with van der Waals surface area (Å²) in [4.78, 5) is 46.1. The minimum Gasteiger partial charge on any atom is -0.289 e. The van der Waals surface area contributed by atoms with Gasteiger partial charge in [-0.1, -0.05) is 0 Å². The van der Waals surface area contributed by atoms with Gasteiger partial charge in [-0.15, -0.1) is 0 Å². The maximum atomic E-state index is 11.4. The number of amides is 4. The zero-order valence-electron chi connectivity index (χ0n) is 9.15. The first-order valence-corrected chi connectivity index (χ1v) is 5.09. The lowest BCUT2D eigenvalue weighted by atomic mass is 10.1. The largest absolute Gasteiger partial charge is 0.289 e. The van der Waals surface area contributed by atoms with Crippen molar-refractivity contribution in [3.63, 3.8) is 0 Å². The molecule has 0 aromatic carbocycles. The Labute approximate surface area is 97.0 Å². The molecule has 2 heterocycles. The summed E-state index contributed by atoms with van der Waals surface area (Å²) in [5, 5.41) is 2.16. The third kappa shape index (κ3) is 1.89. The van der Waals surface area contributed by atoms with Crippen molar-refractivity contribution in [1.82, 2.24) is 10.2 Å². The topological polar surface area (TPSA) is 83.6 Å². The lowest BCUT2D eigenvalue weighted by Crippen LogP contribution is -2.32. The van der Waals surface area contributed by atoms with Crippen LogP contribution in [0.25, 0.3) is 0 Å². The standard InChI is InChI=1S/C11H10N2O4/c1-6-7(11(17)12-10(6)16)4-5-13-8(14)2-3-9(13)15/h2-3H,4-5H2,1H3,(H,12,16,17). The van der Waals surface area contributed by atoms with Gasteiger partial charge < -0.3 is 0 Å². The number of hydrogen-bond acceptors (Lipinski definition) is 4. The zero-order chi connectivity index (χ0) is 12.6. The van der Waals surface area contributed by atoms with E-state index in [9.17, 15) is 19.2 Å². The highest BCUT2D eigenvalue weighted by Crippen LogP contribution is 2.17. The lowest BCUT2D eigenvalue weighted by Gasteiger charge is -2.13. The van der Waals surface area contributed by atoms with E-state index in [0.717, 1.165) is 4.90 Å². The van der Waals surface area contributed by atoms with Crippen molar-refractivity contribution in [2.75, 3.05) is 6.54 Å². The number of imide groups is 2. The van der Waals surface area contributed by atoms with Gasteiger partial charge in [0.25, 0.3) is 23.6 Å². The molecule has 2 aliphatic rings. The predicted molar refractivity (Wildman–Crippen MR) is 56.3 cm³/mol. The van der Waals surface area contributed by atoms with Crippen LogP contribution in [0.2, 0.25) is 0 Å². The first-order chi connectivity index (χ1) is 8.00. The molecular weight excluding hydrogens is 224 g/mol. The van der Waals surface area contributed by atoms with Crippen molar-refractivity contribution in [1.29, 1.82) is 0 Å². The minimum atomic E-state index is -0.445. The summed E-state index contributed by atoms with van der Waals surface area (Å²) in [6, 6.07) is 0. The fourth-order valence-electron chi connectivity index (χ4n) is 1.76. The molecule has 0 saturated carbocycles. The van der Waals surface area contributed by atoms with E-state index in [-0.39, 0.29) is 13.0 Å². The van der Waals surface area contributed by atoms with E-state index in [1.807, 2.05) is 0 Å². The van der Waals surface area contributed by atoms with Crippen LogP contribution in [0.1, 0.15) is 13.3 Å². The average molecular weight is 234 g/mol. The van der Waals surface area contributed by atoms with E-state index >= 15 is 0 Å². The molecule has 88 valence electrons. The van der Waals surface area contributed by atoms with Crippen LogP contribution in [-0.2, 0) is 19.2 Å². The third-order valence-corrected chi connectivity index (χ3v) is 2.78. The highest BCUT2D eigenvalue weighted by atomic mass is 16.2. The van der Waals surface area contributed by atoms with Crippen molar-refractivity contribution >= 4 is 23.6 Å². The fourth-order valence-corrected chi connectivity index (χ4v) is 1.76. The zero-order valence-corrected chi connectivity index (χ0v) is 9.15. The van der Waals surface area contributed by atoms with Crippen LogP contribution < -0.4 is 5.32 Å². The number of carbonyl (C=O) groups excluding carboxylic acids is 4. The summed E-state index contributed by atoms with van der Waals surface area (Å²) in [5.41, 5.74) is 0.685. The fraction of sp³-hybridized carbons (Fsp3) is 0.273. The van der Waals surface area contributed by atoms with Gasteiger partial charge in [-0.05, 0) is 13.3 Å². The Morgan fingerprint density at radius 3 is 2.12 bits per heavy atom. The molecule has 0 aromatic rings. The summed E-state index contributed by atoms with van der Waals surface area (Å²) in [6.07, 6.45) is 2.56. The smallest absolute Gasteiger partial charge is 0.254 e. The molecule has 6 heteroatoms. The number of carbonyl (C=O) groups is 4. The molecule has 0 atom stereocenters. The number of nitrogens with one attached hydrogen (secondary N) is 1. The molecule has 0 fully saturated rings. The summed E-state index contributed by atoms with van der Waals surface area (Å²) >= 11 is 0. The Balaban J connectivity index is 2.04. The molecular formula is C11H10N2O4. The monoisotopic (exact) mass is 234 g/mol. The molecule has 1 N–H and O–H groups in total. The van der Waals surface area contributed by atoms with Crippen molar-refractivity contribution < 1.29 is 19.2 Å². The van der Waals surface area contributed by atoms with E-state index in [4.69, 9.17) is 0 Å². The quantitative estimate of drug-likeness (QED) is 0.653. The second-order valence-electron chi connectivity index (χ2n) is 3.80. The summed E-state index contributed by atoms with van der Waals surface area (Å²) in [7, 11) is 0. The van der Waals surface area contributed by atoms with Gasteiger partial charge in [0.2, 0.25) is 0 Å². The first-order valence-electron chi connectivity index (χ1n) is 5.09. The number of nitrogens with zero attached hydrogens (tertiary/aromatic N) is 1. The summed E-state index contributed by atoms with van der Waals surface area (Å²) < 4.78 is 0. The predicted octanol–water partition coefficient (Wildman–Crippen LogP) is -0.726. The van der Waals surface area contributed by atoms with Gasteiger partial charge in [-0.25, -0.2) is 0 Å². The average Bonchev–Trinajstić information content (AvgIpc) is 2.70. The first kappa shape index (κ1) is 11.3. The molecule has 0 bridgehead atoms. The molecule has 17 heavy (non-hydrogen) atoms. The highest BCUT2D eigenvalue weighted by molar-refractivity contribution is 6.19. The van der Waals surface area contributed by atoms with Crippen LogP contribution >= 0.6 is 0 Å². The number of rotatable bonds is 3. The molecule has 0 radical (unpaired) electrons. The Kier molecular flexibility index (Phi) is 2.63. The third-order valence-electron chi connectivity index (χ3n) is 2.78. The SMILES string of the molecule is CC1=C(CCN2C(=O)C=CC2=O)C(=O)NC1=O. The number of hydrogen-bond donors (Lipinski definition) is 1. The van der Waals surface area contributed by atoms with Crippen LogP contribution in [0.5, 0.6) is 0 Å². The van der Waals surface area contributed by atoms with Crippen LogP contribution in [0.15, 0.2) is 23.3 Å². The summed E-state index contributed by atoms with van der Waals surface area (Å²) in [5.74, 6) is -1.64.